The fraction of sp³-hybridized carbons (Fsp3) is 0.400. The number of benzene rings is 1. The Morgan fingerprint density at radius 3 is 2.64 bits per heavy atom. The zero-order valence-electron chi connectivity index (χ0n) is 7.98. The fourth-order valence-electron chi connectivity index (χ4n) is 1.33. The third kappa shape index (κ3) is 2.61. The minimum atomic E-state index is -0.273. The molecule has 1 atom stereocenters. The zero-order chi connectivity index (χ0) is 10.6. The Labute approximate surface area is 83.2 Å². The van der Waals surface area contributed by atoms with E-state index in [1.54, 1.807) is 0 Å². The third-order valence-corrected chi connectivity index (χ3v) is 2.13. The van der Waals surface area contributed by atoms with Gasteiger partial charge in [0.15, 0.2) is 0 Å². The van der Waals surface area contributed by atoms with Gasteiger partial charge in [-0.1, -0.05) is 0 Å². The predicted molar refractivity (Wildman–Crippen MR) is 55.0 cm³/mol. The molecule has 4 heteroatoms. The van der Waals surface area contributed by atoms with E-state index in [4.69, 9.17) is 11.5 Å². The van der Waals surface area contributed by atoms with Crippen LogP contribution in [0.15, 0.2) is 18.2 Å². The van der Waals surface area contributed by atoms with Crippen molar-refractivity contribution in [2.75, 3.05) is 6.54 Å². The Morgan fingerprint density at radius 2 is 2.00 bits per heavy atom. The van der Waals surface area contributed by atoms with Crippen molar-refractivity contribution in [3.05, 3.63) is 23.8 Å². The molecule has 0 aromatic heterocycles. The van der Waals surface area contributed by atoms with E-state index < -0.39 is 0 Å². The van der Waals surface area contributed by atoms with Gasteiger partial charge in [0.05, 0.1) is 0 Å². The molecule has 6 N–H and O–H groups in total. The van der Waals surface area contributed by atoms with Gasteiger partial charge in [0.1, 0.15) is 11.5 Å². The Bertz CT molecular complexity index is 302. The van der Waals surface area contributed by atoms with Gasteiger partial charge in [0.2, 0.25) is 0 Å². The molecule has 0 saturated heterocycles. The molecule has 1 rings (SSSR count). The van der Waals surface area contributed by atoms with E-state index >= 15 is 0 Å². The summed E-state index contributed by atoms with van der Waals surface area (Å²) in [6.45, 7) is 0.577. The van der Waals surface area contributed by atoms with Crippen molar-refractivity contribution in [1.29, 1.82) is 0 Å². The molecule has 0 unspecified atom stereocenters. The molecule has 0 bridgehead atoms. The van der Waals surface area contributed by atoms with Gasteiger partial charge in [-0.05, 0) is 37.6 Å². The van der Waals surface area contributed by atoms with Gasteiger partial charge in [0, 0.05) is 11.6 Å². The molecule has 0 amide bonds. The molecule has 0 radical (unpaired) electrons. The molecule has 0 aliphatic carbocycles. The van der Waals surface area contributed by atoms with Gasteiger partial charge >= 0.3 is 0 Å². The average Bonchev–Trinajstić information content (AvgIpc) is 2.18. The molecule has 0 aliphatic rings. The lowest BCUT2D eigenvalue weighted by molar-refractivity contribution is 0.445. The van der Waals surface area contributed by atoms with Crippen LogP contribution in [-0.4, -0.2) is 16.8 Å². The van der Waals surface area contributed by atoms with Crippen molar-refractivity contribution >= 4 is 0 Å². The zero-order valence-corrected chi connectivity index (χ0v) is 7.98. The molecule has 14 heavy (non-hydrogen) atoms. The summed E-state index contributed by atoms with van der Waals surface area (Å²) >= 11 is 0. The van der Waals surface area contributed by atoms with Gasteiger partial charge in [0.25, 0.3) is 0 Å². The highest BCUT2D eigenvalue weighted by molar-refractivity contribution is 5.40. The Kier molecular flexibility index (Phi) is 3.73. The lowest BCUT2D eigenvalue weighted by atomic mass is 10.0. The maximum atomic E-state index is 9.48. The second-order valence-corrected chi connectivity index (χ2v) is 3.28. The quantitative estimate of drug-likeness (QED) is 0.537. The molecule has 78 valence electrons. The Morgan fingerprint density at radius 1 is 1.29 bits per heavy atom. The van der Waals surface area contributed by atoms with Crippen LogP contribution in [0.4, 0.5) is 0 Å². The highest BCUT2D eigenvalue weighted by Gasteiger charge is 2.10. The van der Waals surface area contributed by atoms with E-state index in [0.717, 1.165) is 6.42 Å². The highest BCUT2D eigenvalue weighted by Crippen LogP contribution is 2.28. The van der Waals surface area contributed by atoms with Crippen LogP contribution >= 0.6 is 0 Å². The largest absolute Gasteiger partial charge is 0.508 e. The minimum absolute atomic E-state index is 0.112. The van der Waals surface area contributed by atoms with Crippen LogP contribution in [0, 0.1) is 0 Å². The van der Waals surface area contributed by atoms with Gasteiger partial charge in [-0.15, -0.1) is 0 Å². The molecule has 0 spiro atoms. The van der Waals surface area contributed by atoms with Gasteiger partial charge in [-0.2, -0.15) is 0 Å². The number of phenols is 2. The van der Waals surface area contributed by atoms with Crippen LogP contribution in [0.2, 0.25) is 0 Å². The first-order valence-corrected chi connectivity index (χ1v) is 4.62. The lowest BCUT2D eigenvalue weighted by Gasteiger charge is -2.13. The number of hydrogen-bond donors (Lipinski definition) is 4. The topological polar surface area (TPSA) is 92.5 Å². The van der Waals surface area contributed by atoms with E-state index in [2.05, 4.69) is 0 Å². The maximum absolute atomic E-state index is 9.48. The Hall–Kier alpha value is -1.26. The number of hydrogen-bond acceptors (Lipinski definition) is 4. The monoisotopic (exact) mass is 196 g/mol. The summed E-state index contributed by atoms with van der Waals surface area (Å²) in [4.78, 5) is 0. The van der Waals surface area contributed by atoms with Crippen LogP contribution in [-0.2, 0) is 0 Å². The van der Waals surface area contributed by atoms with E-state index in [-0.39, 0.29) is 17.5 Å². The summed E-state index contributed by atoms with van der Waals surface area (Å²) in [7, 11) is 0. The summed E-state index contributed by atoms with van der Waals surface area (Å²) in [5.74, 6) is 0.230. The van der Waals surface area contributed by atoms with Crippen molar-refractivity contribution in [3.8, 4) is 11.5 Å². The number of aromatic hydroxyl groups is 2. The van der Waals surface area contributed by atoms with E-state index in [1.807, 2.05) is 0 Å². The number of rotatable bonds is 4. The fourth-order valence-corrected chi connectivity index (χ4v) is 1.33. The van der Waals surface area contributed by atoms with Crippen LogP contribution in [0.1, 0.15) is 24.4 Å². The molecule has 0 aliphatic heterocycles. The molecule has 4 nitrogen and oxygen atoms in total. The van der Waals surface area contributed by atoms with Gasteiger partial charge in [-0.25, -0.2) is 0 Å². The average molecular weight is 196 g/mol. The predicted octanol–water partition coefficient (Wildman–Crippen LogP) is 0.837. The third-order valence-electron chi connectivity index (χ3n) is 2.13. The van der Waals surface area contributed by atoms with Crippen molar-refractivity contribution in [3.63, 3.8) is 0 Å². The first-order chi connectivity index (χ1) is 6.65. The van der Waals surface area contributed by atoms with Crippen molar-refractivity contribution in [1.82, 2.24) is 0 Å². The van der Waals surface area contributed by atoms with Crippen molar-refractivity contribution in [2.45, 2.75) is 18.9 Å². The SMILES string of the molecule is NCCC[C@H](N)c1cc(O)ccc1O. The van der Waals surface area contributed by atoms with E-state index in [0.29, 0.717) is 18.5 Å². The second-order valence-electron chi connectivity index (χ2n) is 3.28. The van der Waals surface area contributed by atoms with Gasteiger partial charge in [-0.3, -0.25) is 0 Å². The number of nitrogens with two attached hydrogens (primary N) is 2. The highest BCUT2D eigenvalue weighted by atomic mass is 16.3. The molecular formula is C10H16N2O2. The van der Waals surface area contributed by atoms with Crippen molar-refractivity contribution < 1.29 is 10.2 Å². The van der Waals surface area contributed by atoms with Gasteiger partial charge < -0.3 is 21.7 Å². The number of phenolic OH excluding ortho intramolecular Hbond substituents is 2. The first-order valence-electron chi connectivity index (χ1n) is 4.62. The minimum Gasteiger partial charge on any atom is -0.508 e. The Balaban J connectivity index is 2.77. The molecule has 0 heterocycles. The summed E-state index contributed by atoms with van der Waals surface area (Å²) in [6, 6.07) is 4.07. The smallest absolute Gasteiger partial charge is 0.120 e. The molecule has 0 fully saturated rings. The summed E-state index contributed by atoms with van der Waals surface area (Å²) in [5, 5.41) is 18.7. The van der Waals surface area contributed by atoms with Crippen molar-refractivity contribution in [2.24, 2.45) is 11.5 Å². The summed E-state index contributed by atoms with van der Waals surface area (Å²) in [6.07, 6.45) is 1.50. The summed E-state index contributed by atoms with van der Waals surface area (Å²) in [5.41, 5.74) is 11.7. The molecule has 0 saturated carbocycles. The van der Waals surface area contributed by atoms with E-state index in [9.17, 15) is 10.2 Å². The molecule has 1 aromatic rings. The summed E-state index contributed by atoms with van der Waals surface area (Å²) < 4.78 is 0. The van der Waals surface area contributed by atoms with Crippen LogP contribution in [0.25, 0.3) is 0 Å². The molecular weight excluding hydrogens is 180 g/mol. The lowest BCUT2D eigenvalue weighted by Crippen LogP contribution is -2.12. The molecule has 1 aromatic carbocycles. The second kappa shape index (κ2) is 4.83. The van der Waals surface area contributed by atoms with Crippen LogP contribution < -0.4 is 11.5 Å². The van der Waals surface area contributed by atoms with E-state index in [1.165, 1.54) is 18.2 Å². The normalized spacial score (nSPS) is 12.7. The first kappa shape index (κ1) is 10.8. The van der Waals surface area contributed by atoms with Crippen LogP contribution in [0.5, 0.6) is 11.5 Å². The maximum Gasteiger partial charge on any atom is 0.120 e. The standard InChI is InChI=1S/C10H16N2O2/c11-5-1-2-9(12)8-6-7(13)3-4-10(8)14/h3-4,6,9,13-14H,1-2,5,11-12H2/t9-/m0/s1. The van der Waals surface area contributed by atoms with Crippen LogP contribution in [0.3, 0.4) is 0 Å².